The third kappa shape index (κ3) is 6.88. The van der Waals surface area contributed by atoms with Gasteiger partial charge in [-0.3, -0.25) is 0 Å². The molecule has 92 valence electrons. The highest BCUT2D eigenvalue weighted by Crippen LogP contribution is 2.12. The normalized spacial score (nSPS) is 13.1. The SMILES string of the molecule is CCOCCS(=O)(=O)NC(C)(CBr)CBr. The molecule has 0 rings (SSSR count). The zero-order valence-corrected chi connectivity index (χ0v) is 12.9. The van der Waals surface area contributed by atoms with Gasteiger partial charge in [0.15, 0.2) is 0 Å². The number of ether oxygens (including phenoxy) is 1. The predicted molar refractivity (Wildman–Crippen MR) is 69.4 cm³/mol. The summed E-state index contributed by atoms with van der Waals surface area (Å²) >= 11 is 6.56. The maximum atomic E-state index is 11.6. The minimum atomic E-state index is -3.27. The van der Waals surface area contributed by atoms with Gasteiger partial charge in [-0.2, -0.15) is 0 Å². The molecule has 0 saturated carbocycles. The molecule has 1 N–H and O–H groups in total. The van der Waals surface area contributed by atoms with Crippen LogP contribution in [-0.2, 0) is 14.8 Å². The summed E-state index contributed by atoms with van der Waals surface area (Å²) in [5, 5.41) is 1.11. The highest BCUT2D eigenvalue weighted by molar-refractivity contribution is 9.09. The van der Waals surface area contributed by atoms with E-state index < -0.39 is 15.6 Å². The van der Waals surface area contributed by atoms with Crippen molar-refractivity contribution in [2.75, 3.05) is 29.6 Å². The van der Waals surface area contributed by atoms with Crippen LogP contribution in [0, 0.1) is 0 Å². The highest BCUT2D eigenvalue weighted by Gasteiger charge is 2.27. The average Bonchev–Trinajstić information content (AvgIpc) is 2.17. The second-order valence-corrected chi connectivity index (χ2v) is 6.41. The van der Waals surface area contributed by atoms with E-state index in [1.54, 1.807) is 0 Å². The van der Waals surface area contributed by atoms with Crippen LogP contribution < -0.4 is 4.72 Å². The molecule has 0 bridgehead atoms. The number of nitrogens with one attached hydrogen (secondary N) is 1. The maximum absolute atomic E-state index is 11.6. The van der Waals surface area contributed by atoms with Crippen LogP contribution in [-0.4, -0.2) is 43.6 Å². The number of rotatable bonds is 8. The molecule has 0 amide bonds. The Kier molecular flexibility index (Phi) is 7.61. The van der Waals surface area contributed by atoms with E-state index in [1.165, 1.54) is 0 Å². The van der Waals surface area contributed by atoms with Crippen LogP contribution in [0.15, 0.2) is 0 Å². The van der Waals surface area contributed by atoms with Gasteiger partial charge >= 0.3 is 0 Å². The molecule has 0 spiro atoms. The molecule has 0 aliphatic carbocycles. The average molecular weight is 367 g/mol. The molecule has 0 aliphatic rings. The molecule has 0 saturated heterocycles. The summed E-state index contributed by atoms with van der Waals surface area (Å²) < 4.78 is 30.8. The zero-order chi connectivity index (χ0) is 11.9. The second kappa shape index (κ2) is 7.21. The molecular formula is C8H17Br2NO3S. The van der Waals surface area contributed by atoms with Crippen LogP contribution in [0.25, 0.3) is 0 Å². The quantitative estimate of drug-likeness (QED) is 0.523. The van der Waals surface area contributed by atoms with Gasteiger partial charge in [-0.15, -0.1) is 0 Å². The second-order valence-electron chi connectivity index (χ2n) is 3.45. The Labute approximate surface area is 108 Å². The van der Waals surface area contributed by atoms with Crippen molar-refractivity contribution in [3.8, 4) is 0 Å². The van der Waals surface area contributed by atoms with E-state index >= 15 is 0 Å². The van der Waals surface area contributed by atoms with Crippen LogP contribution in [0.4, 0.5) is 0 Å². The van der Waals surface area contributed by atoms with Crippen molar-refractivity contribution >= 4 is 41.9 Å². The third-order valence-corrected chi connectivity index (χ3v) is 5.68. The van der Waals surface area contributed by atoms with E-state index in [-0.39, 0.29) is 12.4 Å². The first-order valence-corrected chi connectivity index (χ1v) is 8.50. The summed E-state index contributed by atoms with van der Waals surface area (Å²) in [6.45, 7) is 4.42. The molecule has 4 nitrogen and oxygen atoms in total. The minimum Gasteiger partial charge on any atom is -0.381 e. The summed E-state index contributed by atoms with van der Waals surface area (Å²) in [4.78, 5) is 0. The predicted octanol–water partition coefficient (Wildman–Crippen LogP) is 1.49. The Balaban J connectivity index is 4.24. The van der Waals surface area contributed by atoms with E-state index in [0.29, 0.717) is 17.3 Å². The summed E-state index contributed by atoms with van der Waals surface area (Å²) in [5.41, 5.74) is -0.495. The molecular weight excluding hydrogens is 350 g/mol. The van der Waals surface area contributed by atoms with Crippen LogP contribution in [0.2, 0.25) is 0 Å². The molecule has 0 unspecified atom stereocenters. The zero-order valence-electron chi connectivity index (χ0n) is 8.92. The fourth-order valence-corrected chi connectivity index (χ4v) is 3.74. The standard InChI is InChI=1S/C8H17Br2NO3S/c1-3-14-4-5-15(12,13)11-8(2,6-9)7-10/h11H,3-7H2,1-2H3. The summed E-state index contributed by atoms with van der Waals surface area (Å²) in [6, 6.07) is 0. The molecule has 0 heterocycles. The molecule has 15 heavy (non-hydrogen) atoms. The van der Waals surface area contributed by atoms with Gasteiger partial charge in [-0.1, -0.05) is 31.9 Å². The van der Waals surface area contributed by atoms with Crippen molar-refractivity contribution in [1.82, 2.24) is 4.72 Å². The van der Waals surface area contributed by atoms with Crippen LogP contribution in [0.3, 0.4) is 0 Å². The van der Waals surface area contributed by atoms with Gasteiger partial charge in [0, 0.05) is 22.8 Å². The van der Waals surface area contributed by atoms with Gasteiger partial charge in [0.1, 0.15) is 0 Å². The number of alkyl halides is 2. The van der Waals surface area contributed by atoms with Gasteiger partial charge in [0.05, 0.1) is 12.4 Å². The van der Waals surface area contributed by atoms with Crippen molar-refractivity contribution in [3.05, 3.63) is 0 Å². The smallest absolute Gasteiger partial charge is 0.214 e. The number of hydrogen-bond donors (Lipinski definition) is 1. The van der Waals surface area contributed by atoms with Gasteiger partial charge < -0.3 is 4.74 Å². The van der Waals surface area contributed by atoms with Gasteiger partial charge in [-0.05, 0) is 13.8 Å². The van der Waals surface area contributed by atoms with E-state index in [9.17, 15) is 8.42 Å². The van der Waals surface area contributed by atoms with Crippen LogP contribution >= 0.6 is 31.9 Å². The van der Waals surface area contributed by atoms with Crippen molar-refractivity contribution in [1.29, 1.82) is 0 Å². The topological polar surface area (TPSA) is 55.4 Å². The molecule has 0 aromatic rings. The Morgan fingerprint density at radius 3 is 2.27 bits per heavy atom. The van der Waals surface area contributed by atoms with E-state index in [2.05, 4.69) is 36.6 Å². The lowest BCUT2D eigenvalue weighted by Gasteiger charge is -2.25. The Morgan fingerprint density at radius 2 is 1.87 bits per heavy atom. The minimum absolute atomic E-state index is 0.00354. The maximum Gasteiger partial charge on any atom is 0.214 e. The first-order chi connectivity index (χ1) is 6.89. The Morgan fingerprint density at radius 1 is 1.33 bits per heavy atom. The molecule has 0 fully saturated rings. The molecule has 0 atom stereocenters. The first kappa shape index (κ1) is 15.8. The Bertz CT molecular complexity index is 265. The first-order valence-electron chi connectivity index (χ1n) is 4.60. The van der Waals surface area contributed by atoms with Gasteiger partial charge in [0.25, 0.3) is 0 Å². The Hall–Kier alpha value is 0.830. The van der Waals surface area contributed by atoms with Crippen LogP contribution in [0.1, 0.15) is 13.8 Å². The lowest BCUT2D eigenvalue weighted by molar-refractivity contribution is 0.163. The third-order valence-electron chi connectivity index (χ3n) is 1.69. The molecule has 0 aliphatic heterocycles. The van der Waals surface area contributed by atoms with Gasteiger partial charge in [0.2, 0.25) is 10.0 Å². The van der Waals surface area contributed by atoms with E-state index in [1.807, 2.05) is 13.8 Å². The van der Waals surface area contributed by atoms with Crippen molar-refractivity contribution < 1.29 is 13.2 Å². The molecule has 0 aromatic heterocycles. The van der Waals surface area contributed by atoms with E-state index in [4.69, 9.17) is 4.74 Å². The number of sulfonamides is 1. The number of hydrogen-bond acceptors (Lipinski definition) is 3. The number of halogens is 2. The highest BCUT2D eigenvalue weighted by atomic mass is 79.9. The van der Waals surface area contributed by atoms with Crippen LogP contribution in [0.5, 0.6) is 0 Å². The monoisotopic (exact) mass is 365 g/mol. The summed E-state index contributed by atoms with van der Waals surface area (Å²) in [6.07, 6.45) is 0. The van der Waals surface area contributed by atoms with Crippen molar-refractivity contribution in [2.24, 2.45) is 0 Å². The molecule has 0 aromatic carbocycles. The molecule has 7 heteroatoms. The lowest BCUT2D eigenvalue weighted by atomic mass is 10.1. The lowest BCUT2D eigenvalue weighted by Crippen LogP contribution is -2.50. The summed E-state index contributed by atoms with van der Waals surface area (Å²) in [5.74, 6) is -0.00354. The van der Waals surface area contributed by atoms with Crippen molar-refractivity contribution in [2.45, 2.75) is 19.4 Å². The van der Waals surface area contributed by atoms with Gasteiger partial charge in [-0.25, -0.2) is 13.1 Å². The van der Waals surface area contributed by atoms with Crippen molar-refractivity contribution in [3.63, 3.8) is 0 Å². The van der Waals surface area contributed by atoms with E-state index in [0.717, 1.165) is 0 Å². The molecule has 0 radical (unpaired) electrons. The summed E-state index contributed by atoms with van der Waals surface area (Å²) in [7, 11) is -3.27. The fourth-order valence-electron chi connectivity index (χ4n) is 0.830. The fraction of sp³-hybridized carbons (Fsp3) is 1.00. The largest absolute Gasteiger partial charge is 0.381 e.